The van der Waals surface area contributed by atoms with Crippen LogP contribution in [0, 0.1) is 5.82 Å². The molecule has 0 unspecified atom stereocenters. The molecule has 15 heavy (non-hydrogen) atoms. The summed E-state index contributed by atoms with van der Waals surface area (Å²) in [5, 5.41) is 7.46. The maximum Gasteiger partial charge on any atom is 0.165 e. The minimum atomic E-state index is -0.274. The van der Waals surface area contributed by atoms with Gasteiger partial charge in [-0.3, -0.25) is 0 Å². The quantitative estimate of drug-likeness (QED) is 0.906. The van der Waals surface area contributed by atoms with Crippen molar-refractivity contribution in [3.63, 3.8) is 0 Å². The molecule has 2 rings (SSSR count). The maximum atomic E-state index is 12.8. The fourth-order valence-corrected chi connectivity index (χ4v) is 1.69. The Morgan fingerprint density at radius 2 is 2.27 bits per heavy atom. The predicted molar refractivity (Wildman–Crippen MR) is 57.6 cm³/mol. The topological polar surface area (TPSA) is 56.7 Å². The van der Waals surface area contributed by atoms with Gasteiger partial charge in [0.05, 0.1) is 12.7 Å². The van der Waals surface area contributed by atoms with E-state index in [1.165, 1.54) is 12.1 Å². The molecule has 0 aliphatic carbocycles. The Labute approximate surface area is 94.0 Å². The molecule has 0 aliphatic rings. The van der Waals surface area contributed by atoms with Crippen LogP contribution in [0.15, 0.2) is 28.9 Å². The SMILES string of the molecule is Nc1cn(Cc2ccc(F)cc2Br)nn1. The van der Waals surface area contributed by atoms with E-state index in [2.05, 4.69) is 26.2 Å². The third-order valence-corrected chi connectivity index (χ3v) is 2.64. The Morgan fingerprint density at radius 3 is 2.87 bits per heavy atom. The summed E-state index contributed by atoms with van der Waals surface area (Å²) in [5.41, 5.74) is 6.35. The smallest absolute Gasteiger partial charge is 0.165 e. The van der Waals surface area contributed by atoms with Crippen molar-refractivity contribution in [2.24, 2.45) is 0 Å². The summed E-state index contributed by atoms with van der Waals surface area (Å²) in [4.78, 5) is 0. The van der Waals surface area contributed by atoms with E-state index in [1.807, 2.05) is 0 Å². The summed E-state index contributed by atoms with van der Waals surface area (Å²) in [6.07, 6.45) is 1.62. The summed E-state index contributed by atoms with van der Waals surface area (Å²) in [6, 6.07) is 4.51. The molecule has 0 spiro atoms. The highest BCUT2D eigenvalue weighted by atomic mass is 79.9. The lowest BCUT2D eigenvalue weighted by Gasteiger charge is -2.03. The molecule has 0 bridgehead atoms. The molecule has 1 aromatic heterocycles. The molecular formula is C9H8BrFN4. The molecule has 1 aromatic carbocycles. The van der Waals surface area contributed by atoms with Crippen LogP contribution in [0.4, 0.5) is 10.2 Å². The number of nitrogens with two attached hydrogens (primary N) is 1. The molecule has 0 saturated carbocycles. The highest BCUT2D eigenvalue weighted by molar-refractivity contribution is 9.10. The van der Waals surface area contributed by atoms with Crippen LogP contribution < -0.4 is 5.73 Å². The van der Waals surface area contributed by atoms with E-state index in [4.69, 9.17) is 5.73 Å². The van der Waals surface area contributed by atoms with E-state index >= 15 is 0 Å². The third-order valence-electron chi connectivity index (χ3n) is 1.90. The first-order valence-corrected chi connectivity index (χ1v) is 5.04. The van der Waals surface area contributed by atoms with Crippen LogP contribution in [0.3, 0.4) is 0 Å². The Morgan fingerprint density at radius 1 is 1.47 bits per heavy atom. The second kappa shape index (κ2) is 3.98. The zero-order valence-corrected chi connectivity index (χ0v) is 9.28. The molecule has 4 nitrogen and oxygen atoms in total. The lowest BCUT2D eigenvalue weighted by Crippen LogP contribution is -2.01. The first kappa shape index (κ1) is 10.1. The highest BCUT2D eigenvalue weighted by Gasteiger charge is 2.03. The normalized spacial score (nSPS) is 10.5. The van der Waals surface area contributed by atoms with Gasteiger partial charge in [-0.25, -0.2) is 9.07 Å². The number of nitrogens with zero attached hydrogens (tertiary/aromatic N) is 3. The molecule has 0 aliphatic heterocycles. The van der Waals surface area contributed by atoms with Gasteiger partial charge < -0.3 is 5.73 Å². The molecule has 0 amide bonds. The molecule has 0 fully saturated rings. The van der Waals surface area contributed by atoms with Crippen molar-refractivity contribution in [1.29, 1.82) is 0 Å². The standard InChI is InChI=1S/C9H8BrFN4/c10-8-3-7(11)2-1-6(8)4-15-5-9(12)13-14-15/h1-3,5H,4,12H2. The van der Waals surface area contributed by atoms with Crippen molar-refractivity contribution in [2.75, 3.05) is 5.73 Å². The minimum Gasteiger partial charge on any atom is -0.381 e. The number of aromatic nitrogens is 3. The molecule has 6 heteroatoms. The van der Waals surface area contributed by atoms with E-state index in [0.717, 1.165) is 5.56 Å². The number of anilines is 1. The molecule has 1 heterocycles. The monoisotopic (exact) mass is 270 g/mol. The van der Waals surface area contributed by atoms with E-state index in [1.54, 1.807) is 16.9 Å². The van der Waals surface area contributed by atoms with Gasteiger partial charge >= 0.3 is 0 Å². The lowest BCUT2D eigenvalue weighted by molar-refractivity contribution is 0.619. The minimum absolute atomic E-state index is 0.274. The van der Waals surface area contributed by atoms with Crippen molar-refractivity contribution >= 4 is 21.7 Å². The van der Waals surface area contributed by atoms with Gasteiger partial charge in [0, 0.05) is 4.47 Å². The van der Waals surface area contributed by atoms with Gasteiger partial charge in [0.1, 0.15) is 5.82 Å². The molecule has 0 atom stereocenters. The molecule has 0 radical (unpaired) electrons. The number of benzene rings is 1. The van der Waals surface area contributed by atoms with Gasteiger partial charge in [-0.05, 0) is 17.7 Å². The van der Waals surface area contributed by atoms with Crippen molar-refractivity contribution in [2.45, 2.75) is 6.54 Å². The number of halogens is 2. The van der Waals surface area contributed by atoms with Crippen LogP contribution in [-0.4, -0.2) is 15.0 Å². The second-order valence-electron chi connectivity index (χ2n) is 3.08. The second-order valence-corrected chi connectivity index (χ2v) is 3.93. The van der Waals surface area contributed by atoms with Gasteiger partial charge in [0.25, 0.3) is 0 Å². The van der Waals surface area contributed by atoms with Crippen molar-refractivity contribution in [3.8, 4) is 0 Å². The predicted octanol–water partition coefficient (Wildman–Crippen LogP) is 1.81. The van der Waals surface area contributed by atoms with E-state index in [-0.39, 0.29) is 5.82 Å². The number of hydrogen-bond acceptors (Lipinski definition) is 3. The van der Waals surface area contributed by atoms with Crippen LogP contribution in [0.25, 0.3) is 0 Å². The fraction of sp³-hybridized carbons (Fsp3) is 0.111. The summed E-state index contributed by atoms with van der Waals surface area (Å²) in [6.45, 7) is 0.505. The van der Waals surface area contributed by atoms with Gasteiger partial charge in [-0.2, -0.15) is 0 Å². The molecule has 0 saturated heterocycles. The number of nitrogen functional groups attached to an aromatic ring is 1. The fourth-order valence-electron chi connectivity index (χ4n) is 1.22. The Balaban J connectivity index is 2.24. The lowest BCUT2D eigenvalue weighted by atomic mass is 10.2. The Hall–Kier alpha value is -1.43. The van der Waals surface area contributed by atoms with Crippen LogP contribution in [0.5, 0.6) is 0 Å². The van der Waals surface area contributed by atoms with Gasteiger partial charge in [-0.1, -0.05) is 27.2 Å². The van der Waals surface area contributed by atoms with Gasteiger partial charge in [0.15, 0.2) is 5.82 Å². The third kappa shape index (κ3) is 2.33. The zero-order valence-electron chi connectivity index (χ0n) is 7.69. The summed E-state index contributed by atoms with van der Waals surface area (Å²) in [5.74, 6) is 0.0944. The summed E-state index contributed by atoms with van der Waals surface area (Å²) < 4.78 is 15.1. The van der Waals surface area contributed by atoms with Crippen LogP contribution >= 0.6 is 15.9 Å². The molecule has 2 aromatic rings. The first-order chi connectivity index (χ1) is 7.15. The average Bonchev–Trinajstić information content (AvgIpc) is 2.56. The van der Waals surface area contributed by atoms with Crippen molar-refractivity contribution in [1.82, 2.24) is 15.0 Å². The first-order valence-electron chi connectivity index (χ1n) is 4.24. The number of hydrogen-bond donors (Lipinski definition) is 1. The average molecular weight is 271 g/mol. The number of rotatable bonds is 2. The van der Waals surface area contributed by atoms with Crippen LogP contribution in [-0.2, 0) is 6.54 Å². The van der Waals surface area contributed by atoms with Crippen molar-refractivity contribution in [3.05, 3.63) is 40.2 Å². The summed E-state index contributed by atoms with van der Waals surface area (Å²) >= 11 is 3.28. The van der Waals surface area contributed by atoms with Crippen LogP contribution in [0.1, 0.15) is 5.56 Å². The van der Waals surface area contributed by atoms with E-state index in [0.29, 0.717) is 16.8 Å². The highest BCUT2D eigenvalue weighted by Crippen LogP contribution is 2.18. The zero-order chi connectivity index (χ0) is 10.8. The maximum absolute atomic E-state index is 12.8. The van der Waals surface area contributed by atoms with Gasteiger partial charge in [-0.15, -0.1) is 5.10 Å². The molecule has 78 valence electrons. The van der Waals surface area contributed by atoms with E-state index in [9.17, 15) is 4.39 Å². The summed E-state index contributed by atoms with van der Waals surface area (Å²) in [7, 11) is 0. The van der Waals surface area contributed by atoms with Crippen LogP contribution in [0.2, 0.25) is 0 Å². The van der Waals surface area contributed by atoms with Gasteiger partial charge in [0.2, 0.25) is 0 Å². The van der Waals surface area contributed by atoms with E-state index < -0.39 is 0 Å². The Kier molecular flexibility index (Phi) is 2.68. The van der Waals surface area contributed by atoms with Crippen molar-refractivity contribution < 1.29 is 4.39 Å². The Bertz CT molecular complexity index is 483. The molecule has 2 N–H and O–H groups in total. The molecular weight excluding hydrogens is 263 g/mol. The largest absolute Gasteiger partial charge is 0.381 e.